The Morgan fingerprint density at radius 3 is 2.76 bits per heavy atom. The van der Waals surface area contributed by atoms with E-state index in [0.29, 0.717) is 17.9 Å². The molecule has 0 saturated heterocycles. The van der Waals surface area contributed by atoms with E-state index < -0.39 is 0 Å². The SMILES string of the molecule is CCNc1ncccc1C(=O)Nc1c(C)cc(C)cc1Br. The molecule has 0 aliphatic heterocycles. The molecule has 1 amide bonds. The Kier molecular flexibility index (Phi) is 4.96. The van der Waals surface area contributed by atoms with Crippen molar-refractivity contribution < 1.29 is 4.79 Å². The summed E-state index contributed by atoms with van der Waals surface area (Å²) in [6.45, 7) is 6.68. The van der Waals surface area contributed by atoms with E-state index in [4.69, 9.17) is 0 Å². The summed E-state index contributed by atoms with van der Waals surface area (Å²) in [6, 6.07) is 7.54. The molecule has 1 aromatic heterocycles. The Labute approximate surface area is 133 Å². The largest absolute Gasteiger partial charge is 0.370 e. The zero-order chi connectivity index (χ0) is 15.4. The molecule has 2 aromatic rings. The molecule has 1 heterocycles. The molecule has 0 radical (unpaired) electrons. The van der Waals surface area contributed by atoms with Gasteiger partial charge in [-0.3, -0.25) is 4.79 Å². The molecule has 4 nitrogen and oxygen atoms in total. The average molecular weight is 348 g/mol. The monoisotopic (exact) mass is 347 g/mol. The molecule has 1 aromatic carbocycles. The molecule has 0 unspecified atom stereocenters. The first-order valence-corrected chi connectivity index (χ1v) is 7.59. The fraction of sp³-hybridized carbons (Fsp3) is 0.250. The van der Waals surface area contributed by atoms with Crippen LogP contribution in [0.15, 0.2) is 34.9 Å². The van der Waals surface area contributed by atoms with Gasteiger partial charge in [-0.05, 0) is 66.0 Å². The van der Waals surface area contributed by atoms with Gasteiger partial charge in [0.15, 0.2) is 0 Å². The van der Waals surface area contributed by atoms with Gasteiger partial charge in [-0.25, -0.2) is 4.98 Å². The number of halogens is 1. The van der Waals surface area contributed by atoms with Crippen molar-refractivity contribution in [3.8, 4) is 0 Å². The molecule has 110 valence electrons. The Morgan fingerprint density at radius 1 is 1.33 bits per heavy atom. The molecule has 0 atom stereocenters. The zero-order valence-corrected chi connectivity index (χ0v) is 13.9. The number of carbonyl (C=O) groups is 1. The molecule has 2 N–H and O–H groups in total. The molecule has 0 bridgehead atoms. The fourth-order valence-electron chi connectivity index (χ4n) is 2.15. The quantitative estimate of drug-likeness (QED) is 0.873. The van der Waals surface area contributed by atoms with Crippen molar-refractivity contribution in [3.63, 3.8) is 0 Å². The van der Waals surface area contributed by atoms with Gasteiger partial charge in [0.05, 0.1) is 11.3 Å². The van der Waals surface area contributed by atoms with E-state index in [1.54, 1.807) is 18.3 Å². The van der Waals surface area contributed by atoms with Crippen molar-refractivity contribution in [2.24, 2.45) is 0 Å². The third-order valence-corrected chi connectivity index (χ3v) is 3.69. The Morgan fingerprint density at radius 2 is 2.10 bits per heavy atom. The number of hydrogen-bond donors (Lipinski definition) is 2. The summed E-state index contributed by atoms with van der Waals surface area (Å²) in [5, 5.41) is 6.05. The van der Waals surface area contributed by atoms with E-state index in [-0.39, 0.29) is 5.91 Å². The van der Waals surface area contributed by atoms with Gasteiger partial charge in [0.1, 0.15) is 5.82 Å². The zero-order valence-electron chi connectivity index (χ0n) is 12.3. The number of aromatic nitrogens is 1. The van der Waals surface area contributed by atoms with E-state index in [2.05, 4.69) is 31.5 Å². The first kappa shape index (κ1) is 15.5. The van der Waals surface area contributed by atoms with Crippen LogP contribution in [0, 0.1) is 13.8 Å². The first-order valence-electron chi connectivity index (χ1n) is 6.80. The van der Waals surface area contributed by atoms with Gasteiger partial charge < -0.3 is 10.6 Å². The van der Waals surface area contributed by atoms with E-state index in [0.717, 1.165) is 21.3 Å². The maximum Gasteiger partial charge on any atom is 0.259 e. The van der Waals surface area contributed by atoms with Gasteiger partial charge in [0.25, 0.3) is 5.91 Å². The number of nitrogens with one attached hydrogen (secondary N) is 2. The summed E-state index contributed by atoms with van der Waals surface area (Å²) in [7, 11) is 0. The maximum atomic E-state index is 12.5. The number of rotatable bonds is 4. The van der Waals surface area contributed by atoms with Crippen molar-refractivity contribution in [1.29, 1.82) is 0 Å². The van der Waals surface area contributed by atoms with Crippen molar-refractivity contribution >= 4 is 33.3 Å². The predicted octanol–water partition coefficient (Wildman–Crippen LogP) is 4.15. The van der Waals surface area contributed by atoms with Crippen LogP contribution in [0.5, 0.6) is 0 Å². The van der Waals surface area contributed by atoms with Crippen LogP contribution in [-0.4, -0.2) is 17.4 Å². The van der Waals surface area contributed by atoms with Gasteiger partial charge >= 0.3 is 0 Å². The lowest BCUT2D eigenvalue weighted by Crippen LogP contribution is -2.16. The van der Waals surface area contributed by atoms with Crippen LogP contribution >= 0.6 is 15.9 Å². The molecule has 0 saturated carbocycles. The molecule has 21 heavy (non-hydrogen) atoms. The lowest BCUT2D eigenvalue weighted by Gasteiger charge is -2.13. The summed E-state index contributed by atoms with van der Waals surface area (Å²) in [6.07, 6.45) is 1.67. The minimum atomic E-state index is -0.174. The topological polar surface area (TPSA) is 54.0 Å². The summed E-state index contributed by atoms with van der Waals surface area (Å²) in [5.74, 6) is 0.421. The van der Waals surface area contributed by atoms with Crippen LogP contribution in [0.4, 0.5) is 11.5 Å². The Hall–Kier alpha value is -1.88. The molecule has 5 heteroatoms. The third kappa shape index (κ3) is 3.61. The molecular formula is C16H18BrN3O. The van der Waals surface area contributed by atoms with Gasteiger partial charge in [-0.15, -0.1) is 0 Å². The van der Waals surface area contributed by atoms with E-state index in [1.165, 1.54) is 0 Å². The minimum Gasteiger partial charge on any atom is -0.370 e. The highest BCUT2D eigenvalue weighted by atomic mass is 79.9. The lowest BCUT2D eigenvalue weighted by molar-refractivity contribution is 0.102. The number of carbonyl (C=O) groups excluding carboxylic acids is 1. The number of hydrogen-bond acceptors (Lipinski definition) is 3. The molecule has 0 spiro atoms. The van der Waals surface area contributed by atoms with Crippen LogP contribution in [0.2, 0.25) is 0 Å². The number of anilines is 2. The predicted molar refractivity (Wildman–Crippen MR) is 90.0 cm³/mol. The van der Waals surface area contributed by atoms with E-state index in [1.807, 2.05) is 32.9 Å². The smallest absolute Gasteiger partial charge is 0.259 e. The molecule has 0 aliphatic rings. The van der Waals surface area contributed by atoms with Gasteiger partial charge in [-0.2, -0.15) is 0 Å². The fourth-order valence-corrected chi connectivity index (χ4v) is 2.92. The normalized spacial score (nSPS) is 10.3. The second kappa shape index (κ2) is 6.72. The maximum absolute atomic E-state index is 12.5. The van der Waals surface area contributed by atoms with Crippen LogP contribution < -0.4 is 10.6 Å². The number of amides is 1. The Balaban J connectivity index is 2.31. The highest BCUT2D eigenvalue weighted by molar-refractivity contribution is 9.10. The van der Waals surface area contributed by atoms with Crippen LogP contribution in [0.25, 0.3) is 0 Å². The Bertz CT molecular complexity index is 647. The van der Waals surface area contributed by atoms with Gasteiger partial charge in [-0.1, -0.05) is 6.07 Å². The summed E-state index contributed by atoms with van der Waals surface area (Å²) in [5.41, 5.74) is 3.49. The van der Waals surface area contributed by atoms with Gasteiger partial charge in [0.2, 0.25) is 0 Å². The minimum absolute atomic E-state index is 0.174. The standard InChI is InChI=1S/C16H18BrN3O/c1-4-18-15-12(6-5-7-19-15)16(21)20-14-11(3)8-10(2)9-13(14)17/h5-9H,4H2,1-3H3,(H,18,19)(H,20,21). The first-order chi connectivity index (χ1) is 10.0. The number of pyridine rings is 1. The number of benzene rings is 1. The van der Waals surface area contributed by atoms with E-state index >= 15 is 0 Å². The molecule has 2 rings (SSSR count). The highest BCUT2D eigenvalue weighted by Gasteiger charge is 2.14. The second-order valence-electron chi connectivity index (χ2n) is 4.82. The van der Waals surface area contributed by atoms with Crippen LogP contribution in [-0.2, 0) is 0 Å². The third-order valence-electron chi connectivity index (χ3n) is 3.07. The van der Waals surface area contributed by atoms with Crippen molar-refractivity contribution in [2.45, 2.75) is 20.8 Å². The van der Waals surface area contributed by atoms with E-state index in [9.17, 15) is 4.79 Å². The summed E-state index contributed by atoms with van der Waals surface area (Å²) in [4.78, 5) is 16.7. The van der Waals surface area contributed by atoms with Crippen LogP contribution in [0.1, 0.15) is 28.4 Å². The highest BCUT2D eigenvalue weighted by Crippen LogP contribution is 2.28. The molecule has 0 fully saturated rings. The van der Waals surface area contributed by atoms with Crippen molar-refractivity contribution in [2.75, 3.05) is 17.2 Å². The number of nitrogens with zero attached hydrogens (tertiary/aromatic N) is 1. The summed E-state index contributed by atoms with van der Waals surface area (Å²) >= 11 is 3.50. The molecule has 0 aliphatic carbocycles. The lowest BCUT2D eigenvalue weighted by atomic mass is 10.1. The second-order valence-corrected chi connectivity index (χ2v) is 5.68. The van der Waals surface area contributed by atoms with Gasteiger partial charge in [0, 0.05) is 17.2 Å². The van der Waals surface area contributed by atoms with Crippen LogP contribution in [0.3, 0.4) is 0 Å². The number of aryl methyl sites for hydroxylation is 2. The summed E-state index contributed by atoms with van der Waals surface area (Å²) < 4.78 is 0.877. The molecular weight excluding hydrogens is 330 g/mol. The van der Waals surface area contributed by atoms with Crippen molar-refractivity contribution in [1.82, 2.24) is 4.98 Å². The average Bonchev–Trinajstić information content (AvgIpc) is 2.43. The van der Waals surface area contributed by atoms with Crippen molar-refractivity contribution in [3.05, 3.63) is 51.6 Å².